The second-order valence-electron chi connectivity index (χ2n) is 17.4. The molecule has 5 aliphatic carbocycles. The summed E-state index contributed by atoms with van der Waals surface area (Å²) in [4.78, 5) is 51.2. The minimum atomic E-state index is -1.32. The van der Waals surface area contributed by atoms with Gasteiger partial charge in [-0.25, -0.2) is 0 Å². The van der Waals surface area contributed by atoms with Crippen molar-refractivity contribution in [2.45, 2.75) is 119 Å². The summed E-state index contributed by atoms with van der Waals surface area (Å²) in [6.45, 7) is 20.2. The van der Waals surface area contributed by atoms with E-state index in [9.17, 15) is 34.5 Å². The van der Waals surface area contributed by atoms with Gasteiger partial charge in [-0.1, -0.05) is 46.8 Å². The maximum atomic E-state index is 13.3. The van der Waals surface area contributed by atoms with Crippen LogP contribution >= 0.6 is 0 Å². The van der Waals surface area contributed by atoms with Crippen molar-refractivity contribution >= 4 is 23.9 Å². The first-order valence-electron chi connectivity index (χ1n) is 16.7. The number of hydrogen-bond acceptors (Lipinski definition) is 5. The van der Waals surface area contributed by atoms with Gasteiger partial charge in [0.1, 0.15) is 12.0 Å². The lowest BCUT2D eigenvalue weighted by molar-refractivity contribution is -0.228. The maximum Gasteiger partial charge on any atom is 0.310 e. The molecule has 44 heavy (non-hydrogen) atoms. The van der Waals surface area contributed by atoms with E-state index in [1.165, 1.54) is 13.8 Å². The fourth-order valence-corrected chi connectivity index (χ4v) is 12.6. The molecule has 0 aliphatic heterocycles. The van der Waals surface area contributed by atoms with Crippen molar-refractivity contribution < 1.29 is 39.2 Å². The van der Waals surface area contributed by atoms with Crippen molar-refractivity contribution in [3.63, 3.8) is 0 Å². The van der Waals surface area contributed by atoms with Gasteiger partial charge in [0, 0.05) is 5.41 Å². The summed E-state index contributed by atoms with van der Waals surface area (Å²) in [6.07, 6.45) is 5.17. The number of aliphatic carboxylic acids is 3. The molecule has 0 bridgehead atoms. The topological polar surface area (TPSA) is 138 Å². The number of carbonyl (C=O) groups excluding carboxylic acids is 1. The average molecular weight is 615 g/mol. The fourth-order valence-electron chi connectivity index (χ4n) is 12.6. The molecule has 5 aliphatic rings. The highest BCUT2D eigenvalue weighted by atomic mass is 16.5. The molecule has 8 nitrogen and oxygen atoms in total. The van der Waals surface area contributed by atoms with Gasteiger partial charge >= 0.3 is 23.9 Å². The number of allylic oxidation sites excluding steroid dienone is 1. The monoisotopic (exact) mass is 614 g/mol. The quantitative estimate of drug-likeness (QED) is 0.205. The van der Waals surface area contributed by atoms with Crippen LogP contribution < -0.4 is 0 Å². The number of carboxylic acid groups (broad SMARTS) is 3. The van der Waals surface area contributed by atoms with E-state index in [1.807, 2.05) is 20.8 Å². The summed E-state index contributed by atoms with van der Waals surface area (Å²) >= 11 is 0. The largest absolute Gasteiger partial charge is 0.481 e. The Morgan fingerprint density at radius 1 is 0.841 bits per heavy atom. The third kappa shape index (κ3) is 4.13. The van der Waals surface area contributed by atoms with Crippen LogP contribution in [0.2, 0.25) is 0 Å². The molecule has 0 saturated heterocycles. The van der Waals surface area contributed by atoms with E-state index in [4.69, 9.17) is 4.74 Å². The van der Waals surface area contributed by atoms with Gasteiger partial charge in [0.05, 0.1) is 17.3 Å². The molecule has 3 N–H and O–H groups in total. The van der Waals surface area contributed by atoms with Gasteiger partial charge in [-0.05, 0) is 118 Å². The van der Waals surface area contributed by atoms with Gasteiger partial charge in [-0.2, -0.15) is 0 Å². The SMILES string of the molecule is C=C(C)[C@@H]1CC[C@]2(C(=O)O)CC[C@]3(C)C(CC[C@@H]4[C@@]5(C)[C@@H](C(=O)O)[C@H](OC(=O)CC(C)(C)C(=O)O)C(C)(C)[C@@H]5CC[C@]43C)C12. The second kappa shape index (κ2) is 10.1. The smallest absolute Gasteiger partial charge is 0.310 e. The summed E-state index contributed by atoms with van der Waals surface area (Å²) in [5.41, 5.74) is -2.64. The lowest BCUT2D eigenvalue weighted by atomic mass is 9.34. The Bertz CT molecular complexity index is 1280. The third-order valence-electron chi connectivity index (χ3n) is 15.0. The molecule has 11 atom stereocenters. The van der Waals surface area contributed by atoms with Crippen LogP contribution in [0.3, 0.4) is 0 Å². The number of fused-ring (bicyclic) bond motifs is 7. The molecule has 0 aromatic carbocycles. The summed E-state index contributed by atoms with van der Waals surface area (Å²) < 4.78 is 6.07. The first-order chi connectivity index (χ1) is 20.1. The minimum absolute atomic E-state index is 0.00374. The second-order valence-corrected chi connectivity index (χ2v) is 17.4. The van der Waals surface area contributed by atoms with Gasteiger partial charge < -0.3 is 20.1 Å². The summed E-state index contributed by atoms with van der Waals surface area (Å²) in [7, 11) is 0. The van der Waals surface area contributed by atoms with E-state index in [2.05, 4.69) is 27.4 Å². The van der Waals surface area contributed by atoms with Gasteiger partial charge in [-0.3, -0.25) is 19.2 Å². The zero-order chi connectivity index (χ0) is 33.0. The van der Waals surface area contributed by atoms with Gasteiger partial charge in [0.15, 0.2) is 0 Å². The van der Waals surface area contributed by atoms with Crippen LogP contribution in [-0.4, -0.2) is 45.3 Å². The number of hydrogen-bond donors (Lipinski definition) is 3. The van der Waals surface area contributed by atoms with Crippen molar-refractivity contribution in [1.29, 1.82) is 0 Å². The van der Waals surface area contributed by atoms with E-state index in [1.54, 1.807) is 0 Å². The van der Waals surface area contributed by atoms with Gasteiger partial charge in [-0.15, -0.1) is 0 Å². The van der Waals surface area contributed by atoms with Crippen molar-refractivity contribution in [1.82, 2.24) is 0 Å². The van der Waals surface area contributed by atoms with E-state index < -0.39 is 57.6 Å². The number of ether oxygens (including phenoxy) is 1. The number of esters is 1. The van der Waals surface area contributed by atoms with Crippen molar-refractivity contribution in [3.05, 3.63) is 12.2 Å². The predicted octanol–water partition coefficient (Wildman–Crippen LogP) is 7.06. The molecule has 0 heterocycles. The van der Waals surface area contributed by atoms with Crippen LogP contribution in [0, 0.1) is 68.0 Å². The van der Waals surface area contributed by atoms with Gasteiger partial charge in [0.25, 0.3) is 0 Å². The minimum Gasteiger partial charge on any atom is -0.481 e. The number of carbonyl (C=O) groups is 4. The number of rotatable bonds is 7. The Balaban J connectivity index is 1.55. The molecule has 0 aromatic heterocycles. The zero-order valence-corrected chi connectivity index (χ0v) is 28.0. The Kier molecular flexibility index (Phi) is 7.54. The molecule has 8 heteroatoms. The Morgan fingerprint density at radius 3 is 2.02 bits per heavy atom. The standard InChI is InChI=1S/C36H54O8/c1-19(2)20-12-15-36(30(42)43)17-16-33(7)21(25(20)36)10-11-23-34(33,8)14-13-22-32(5,6)27(26(28(38)39)35(22,23)9)44-24(37)18-31(3,4)29(40)41/h20-23,25-27H,1,10-18H2,2-9H3,(H,38,39)(H,40,41)(H,42,43)/t20-,21?,22-,23-,25?,26+,27-,33+,34+,35-,36-/m0/s1. The molecular formula is C36H54O8. The average Bonchev–Trinajstić information content (AvgIpc) is 3.36. The van der Waals surface area contributed by atoms with Crippen molar-refractivity contribution in [3.8, 4) is 0 Å². The van der Waals surface area contributed by atoms with Crippen molar-refractivity contribution in [2.75, 3.05) is 0 Å². The Morgan fingerprint density at radius 2 is 1.48 bits per heavy atom. The zero-order valence-electron chi connectivity index (χ0n) is 28.0. The van der Waals surface area contributed by atoms with Crippen LogP contribution in [0.15, 0.2) is 12.2 Å². The number of carboxylic acids is 3. The first-order valence-corrected chi connectivity index (χ1v) is 16.7. The summed E-state index contributed by atoms with van der Waals surface area (Å²) in [5.74, 6) is -3.88. The molecule has 2 unspecified atom stereocenters. The molecular weight excluding hydrogens is 560 g/mol. The Labute approximate surface area is 262 Å². The molecule has 0 amide bonds. The van der Waals surface area contributed by atoms with Crippen LogP contribution in [-0.2, 0) is 23.9 Å². The highest BCUT2D eigenvalue weighted by Gasteiger charge is 2.76. The van der Waals surface area contributed by atoms with Crippen molar-refractivity contribution in [2.24, 2.45) is 68.0 Å². The lowest BCUT2D eigenvalue weighted by Crippen LogP contribution is -2.65. The molecule has 5 saturated carbocycles. The summed E-state index contributed by atoms with van der Waals surface area (Å²) in [6, 6.07) is 0. The highest BCUT2D eigenvalue weighted by Crippen LogP contribution is 2.79. The van der Waals surface area contributed by atoms with Crippen LogP contribution in [0.5, 0.6) is 0 Å². The van der Waals surface area contributed by atoms with E-state index >= 15 is 0 Å². The molecule has 5 fully saturated rings. The van der Waals surface area contributed by atoms with E-state index in [-0.39, 0.29) is 46.8 Å². The van der Waals surface area contributed by atoms with E-state index in [0.29, 0.717) is 12.8 Å². The lowest BCUT2D eigenvalue weighted by Gasteiger charge is -2.70. The van der Waals surface area contributed by atoms with Gasteiger partial charge in [0.2, 0.25) is 0 Å². The molecule has 5 rings (SSSR count). The molecule has 0 aromatic rings. The molecule has 0 radical (unpaired) electrons. The van der Waals surface area contributed by atoms with Crippen LogP contribution in [0.1, 0.15) is 113 Å². The predicted molar refractivity (Wildman–Crippen MR) is 164 cm³/mol. The van der Waals surface area contributed by atoms with Crippen LogP contribution in [0.4, 0.5) is 0 Å². The maximum absolute atomic E-state index is 13.3. The normalized spacial score (nSPS) is 45.7. The molecule has 0 spiro atoms. The highest BCUT2D eigenvalue weighted by molar-refractivity contribution is 5.82. The third-order valence-corrected chi connectivity index (χ3v) is 15.0. The van der Waals surface area contributed by atoms with Crippen LogP contribution in [0.25, 0.3) is 0 Å². The summed E-state index contributed by atoms with van der Waals surface area (Å²) in [5, 5.41) is 31.1. The fraction of sp³-hybridized carbons (Fsp3) is 0.833. The first kappa shape index (κ1) is 33.0. The molecule has 246 valence electrons. The Hall–Kier alpha value is -2.38. The van der Waals surface area contributed by atoms with E-state index in [0.717, 1.165) is 44.1 Å².